The van der Waals surface area contributed by atoms with Crippen LogP contribution in [0.25, 0.3) is 0 Å². The van der Waals surface area contributed by atoms with Crippen LogP contribution in [-0.4, -0.2) is 36.6 Å². The molecule has 0 fully saturated rings. The molecule has 0 aromatic carbocycles. The first-order chi connectivity index (χ1) is 7.50. The highest BCUT2D eigenvalue weighted by molar-refractivity contribution is 7.09. The molecule has 2 atom stereocenters. The average Bonchev–Trinajstić information content (AvgIpc) is 2.68. The van der Waals surface area contributed by atoms with E-state index in [4.69, 9.17) is 0 Å². The summed E-state index contributed by atoms with van der Waals surface area (Å²) in [6.45, 7) is 7.77. The molecule has 1 N–H and O–H groups in total. The van der Waals surface area contributed by atoms with Gasteiger partial charge < -0.3 is 10.2 Å². The lowest BCUT2D eigenvalue weighted by Gasteiger charge is -2.28. The van der Waals surface area contributed by atoms with Gasteiger partial charge in [-0.15, -0.1) is 11.3 Å². The van der Waals surface area contributed by atoms with Crippen LogP contribution >= 0.6 is 11.3 Å². The Morgan fingerprint density at radius 3 is 2.50 bits per heavy atom. The summed E-state index contributed by atoms with van der Waals surface area (Å²) < 4.78 is 0. The van der Waals surface area contributed by atoms with Gasteiger partial charge in [0.2, 0.25) is 0 Å². The second kappa shape index (κ2) is 6.33. The fourth-order valence-corrected chi connectivity index (χ4v) is 2.35. The first-order valence-electron chi connectivity index (χ1n) is 5.81. The molecule has 0 spiro atoms. The molecule has 0 aliphatic heterocycles. The maximum absolute atomic E-state index is 4.35. The highest BCUT2D eigenvalue weighted by Crippen LogP contribution is 2.17. The second-order valence-electron chi connectivity index (χ2n) is 4.87. The van der Waals surface area contributed by atoms with Gasteiger partial charge in [0.25, 0.3) is 0 Å². The zero-order valence-corrected chi connectivity index (χ0v) is 11.7. The maximum atomic E-state index is 4.35. The molecule has 0 aliphatic rings. The normalized spacial score (nSPS) is 15.7. The van der Waals surface area contributed by atoms with Gasteiger partial charge in [0.05, 0.1) is 6.04 Å². The number of nitrogens with zero attached hydrogens (tertiary/aromatic N) is 2. The smallest absolute Gasteiger partial charge is 0.109 e. The van der Waals surface area contributed by atoms with E-state index in [2.05, 4.69) is 50.1 Å². The van der Waals surface area contributed by atoms with Crippen molar-refractivity contribution >= 4 is 11.3 Å². The van der Waals surface area contributed by atoms with Crippen LogP contribution in [0.2, 0.25) is 0 Å². The topological polar surface area (TPSA) is 28.2 Å². The summed E-state index contributed by atoms with van der Waals surface area (Å²) in [6.07, 6.45) is 1.87. The van der Waals surface area contributed by atoms with Gasteiger partial charge in [-0.1, -0.05) is 13.8 Å². The third-order valence-corrected chi connectivity index (χ3v) is 3.61. The first-order valence-corrected chi connectivity index (χ1v) is 6.68. The number of hydrogen-bond donors (Lipinski definition) is 1. The van der Waals surface area contributed by atoms with Crippen molar-refractivity contribution in [2.45, 2.75) is 32.9 Å². The predicted octanol–water partition coefficient (Wildman–Crippen LogP) is 2.38. The van der Waals surface area contributed by atoms with Gasteiger partial charge in [-0.2, -0.15) is 0 Å². The highest BCUT2D eigenvalue weighted by Gasteiger charge is 2.18. The minimum absolute atomic E-state index is 0.340. The third-order valence-electron chi connectivity index (χ3n) is 2.65. The Bertz CT molecular complexity index is 282. The van der Waals surface area contributed by atoms with Gasteiger partial charge in [0.15, 0.2) is 0 Å². The standard InChI is InChI=1S/C12H23N3S/c1-9(2)11(8-15(4)5)14-10(3)12-13-6-7-16-12/h6-7,9-11,14H,8H2,1-5H3. The Labute approximate surface area is 103 Å². The molecule has 0 radical (unpaired) electrons. The van der Waals surface area contributed by atoms with E-state index in [0.717, 1.165) is 6.54 Å². The number of rotatable bonds is 6. The van der Waals surface area contributed by atoms with Crippen molar-refractivity contribution < 1.29 is 0 Å². The van der Waals surface area contributed by atoms with Crippen LogP contribution in [0, 0.1) is 5.92 Å². The van der Waals surface area contributed by atoms with Gasteiger partial charge in [-0.3, -0.25) is 0 Å². The summed E-state index contributed by atoms with van der Waals surface area (Å²) in [5.41, 5.74) is 0. The maximum Gasteiger partial charge on any atom is 0.109 e. The summed E-state index contributed by atoms with van der Waals surface area (Å²) in [5, 5.41) is 6.86. The van der Waals surface area contributed by atoms with Crippen molar-refractivity contribution in [3.63, 3.8) is 0 Å². The monoisotopic (exact) mass is 241 g/mol. The molecule has 1 aromatic rings. The Morgan fingerprint density at radius 1 is 1.38 bits per heavy atom. The summed E-state index contributed by atoms with van der Waals surface area (Å²) in [4.78, 5) is 6.58. The summed E-state index contributed by atoms with van der Waals surface area (Å²) in [7, 11) is 4.23. The predicted molar refractivity (Wildman–Crippen MR) is 70.8 cm³/mol. The van der Waals surface area contributed by atoms with Crippen LogP contribution in [0.1, 0.15) is 31.8 Å². The molecule has 0 saturated heterocycles. The quantitative estimate of drug-likeness (QED) is 0.829. The molecule has 1 rings (SSSR count). The van der Waals surface area contributed by atoms with Crippen molar-refractivity contribution in [1.29, 1.82) is 0 Å². The second-order valence-corrected chi connectivity index (χ2v) is 5.80. The number of likely N-dealkylation sites (N-methyl/N-ethyl adjacent to an activating group) is 1. The number of aromatic nitrogens is 1. The Kier molecular flexibility index (Phi) is 5.38. The minimum atomic E-state index is 0.340. The van der Waals surface area contributed by atoms with E-state index in [9.17, 15) is 0 Å². The fraction of sp³-hybridized carbons (Fsp3) is 0.750. The molecular formula is C12H23N3S. The molecule has 1 aromatic heterocycles. The zero-order valence-electron chi connectivity index (χ0n) is 10.9. The van der Waals surface area contributed by atoms with Crippen molar-refractivity contribution in [1.82, 2.24) is 15.2 Å². The molecule has 0 bridgehead atoms. The highest BCUT2D eigenvalue weighted by atomic mass is 32.1. The molecule has 4 heteroatoms. The summed E-state index contributed by atoms with van der Waals surface area (Å²) in [6, 6.07) is 0.848. The Morgan fingerprint density at radius 2 is 2.06 bits per heavy atom. The first kappa shape index (κ1) is 13.6. The van der Waals surface area contributed by atoms with Crippen molar-refractivity contribution in [3.8, 4) is 0 Å². The SMILES string of the molecule is CC(NC(CN(C)C)C(C)C)c1nccs1. The molecule has 3 nitrogen and oxygen atoms in total. The largest absolute Gasteiger partial charge is 0.308 e. The lowest BCUT2D eigenvalue weighted by atomic mass is 10.0. The van der Waals surface area contributed by atoms with Gasteiger partial charge in [0, 0.05) is 24.2 Å². The molecule has 2 unspecified atom stereocenters. The van der Waals surface area contributed by atoms with Crippen LogP contribution in [0.3, 0.4) is 0 Å². The number of nitrogens with one attached hydrogen (secondary N) is 1. The van der Waals surface area contributed by atoms with Gasteiger partial charge in [-0.05, 0) is 26.9 Å². The third kappa shape index (κ3) is 4.20. The van der Waals surface area contributed by atoms with Gasteiger partial charge >= 0.3 is 0 Å². The van der Waals surface area contributed by atoms with E-state index in [-0.39, 0.29) is 0 Å². The Balaban J connectivity index is 2.54. The van der Waals surface area contributed by atoms with Crippen LogP contribution in [0.5, 0.6) is 0 Å². The van der Waals surface area contributed by atoms with E-state index in [1.165, 1.54) is 5.01 Å². The van der Waals surface area contributed by atoms with Crippen LogP contribution in [0.15, 0.2) is 11.6 Å². The van der Waals surface area contributed by atoms with Gasteiger partial charge in [0.1, 0.15) is 5.01 Å². The minimum Gasteiger partial charge on any atom is -0.308 e. The fourth-order valence-electron chi connectivity index (χ4n) is 1.69. The summed E-state index contributed by atoms with van der Waals surface area (Å²) >= 11 is 1.72. The average molecular weight is 241 g/mol. The molecule has 1 heterocycles. The van der Waals surface area contributed by atoms with Crippen molar-refractivity contribution in [2.75, 3.05) is 20.6 Å². The van der Waals surface area contributed by atoms with E-state index in [1.54, 1.807) is 11.3 Å². The molecular weight excluding hydrogens is 218 g/mol. The molecule has 16 heavy (non-hydrogen) atoms. The molecule has 92 valence electrons. The van der Waals surface area contributed by atoms with Crippen LogP contribution in [-0.2, 0) is 0 Å². The number of hydrogen-bond acceptors (Lipinski definition) is 4. The van der Waals surface area contributed by atoms with Crippen molar-refractivity contribution in [3.05, 3.63) is 16.6 Å². The van der Waals surface area contributed by atoms with E-state index < -0.39 is 0 Å². The van der Waals surface area contributed by atoms with Crippen molar-refractivity contribution in [2.24, 2.45) is 5.92 Å². The van der Waals surface area contributed by atoms with E-state index >= 15 is 0 Å². The number of thiazole rings is 1. The van der Waals surface area contributed by atoms with E-state index in [1.807, 2.05) is 11.6 Å². The molecule has 0 saturated carbocycles. The molecule has 0 amide bonds. The zero-order chi connectivity index (χ0) is 12.1. The Hall–Kier alpha value is -0.450. The van der Waals surface area contributed by atoms with Crippen LogP contribution in [0.4, 0.5) is 0 Å². The molecule has 0 aliphatic carbocycles. The van der Waals surface area contributed by atoms with Crippen LogP contribution < -0.4 is 5.32 Å². The van der Waals surface area contributed by atoms with Gasteiger partial charge in [-0.25, -0.2) is 4.98 Å². The lowest BCUT2D eigenvalue weighted by molar-refractivity contribution is 0.273. The summed E-state index contributed by atoms with van der Waals surface area (Å²) in [5.74, 6) is 0.629. The van der Waals surface area contributed by atoms with E-state index in [0.29, 0.717) is 18.0 Å². The lowest BCUT2D eigenvalue weighted by Crippen LogP contribution is -2.43.